The zero-order valence-corrected chi connectivity index (χ0v) is 13.5. The van der Waals surface area contributed by atoms with Crippen molar-refractivity contribution >= 4 is 11.8 Å². The lowest BCUT2D eigenvalue weighted by atomic mass is 9.96. The van der Waals surface area contributed by atoms with Crippen LogP contribution in [-0.4, -0.2) is 24.9 Å². The van der Waals surface area contributed by atoms with Crippen molar-refractivity contribution in [3.8, 4) is 5.69 Å². The van der Waals surface area contributed by atoms with E-state index in [9.17, 15) is 0 Å². The fraction of sp³-hybridized carbons (Fsp3) is 0.333. The summed E-state index contributed by atoms with van der Waals surface area (Å²) in [7, 11) is 0. The Balaban J connectivity index is 1.73. The SMILES string of the molecule is CC(C)(C)c1noc(CSc2nncn2-c2ccccc2)n1. The largest absolute Gasteiger partial charge is 0.338 e. The van der Waals surface area contributed by atoms with Gasteiger partial charge in [-0.05, 0) is 12.1 Å². The molecule has 3 rings (SSSR count). The molecule has 0 amide bonds. The Morgan fingerprint density at radius 1 is 1.18 bits per heavy atom. The van der Waals surface area contributed by atoms with Crippen molar-refractivity contribution in [2.45, 2.75) is 37.1 Å². The van der Waals surface area contributed by atoms with Crippen LogP contribution in [0.2, 0.25) is 0 Å². The smallest absolute Gasteiger partial charge is 0.237 e. The Morgan fingerprint density at radius 3 is 2.64 bits per heavy atom. The molecule has 0 aliphatic carbocycles. The van der Waals surface area contributed by atoms with Crippen LogP contribution in [0.25, 0.3) is 5.69 Å². The second kappa shape index (κ2) is 5.92. The molecular formula is C15H17N5OS. The molecule has 0 atom stereocenters. The molecule has 0 fully saturated rings. The molecule has 3 aromatic rings. The average Bonchev–Trinajstić information content (AvgIpc) is 3.14. The monoisotopic (exact) mass is 315 g/mol. The Labute approximate surface area is 133 Å². The maximum Gasteiger partial charge on any atom is 0.237 e. The van der Waals surface area contributed by atoms with Crippen molar-refractivity contribution in [2.24, 2.45) is 0 Å². The summed E-state index contributed by atoms with van der Waals surface area (Å²) in [6.07, 6.45) is 1.70. The number of hydrogen-bond acceptors (Lipinski definition) is 6. The number of thioether (sulfide) groups is 1. The van der Waals surface area contributed by atoms with Crippen molar-refractivity contribution in [3.05, 3.63) is 48.4 Å². The summed E-state index contributed by atoms with van der Waals surface area (Å²) < 4.78 is 7.23. The maximum atomic E-state index is 5.30. The lowest BCUT2D eigenvalue weighted by molar-refractivity contribution is 0.372. The van der Waals surface area contributed by atoms with Gasteiger partial charge in [0, 0.05) is 11.1 Å². The van der Waals surface area contributed by atoms with Gasteiger partial charge < -0.3 is 4.52 Å². The van der Waals surface area contributed by atoms with Crippen molar-refractivity contribution in [1.82, 2.24) is 24.9 Å². The molecule has 0 N–H and O–H groups in total. The summed E-state index contributed by atoms with van der Waals surface area (Å²) >= 11 is 1.52. The molecule has 2 aromatic heterocycles. The zero-order valence-electron chi connectivity index (χ0n) is 12.7. The third-order valence-electron chi connectivity index (χ3n) is 3.01. The fourth-order valence-electron chi connectivity index (χ4n) is 1.83. The maximum absolute atomic E-state index is 5.30. The first-order chi connectivity index (χ1) is 10.5. The summed E-state index contributed by atoms with van der Waals surface area (Å²) in [4.78, 5) is 4.43. The highest BCUT2D eigenvalue weighted by Gasteiger charge is 2.21. The molecule has 1 aromatic carbocycles. The van der Waals surface area contributed by atoms with E-state index in [4.69, 9.17) is 4.52 Å². The molecule has 0 saturated heterocycles. The van der Waals surface area contributed by atoms with Crippen molar-refractivity contribution in [1.29, 1.82) is 0 Å². The molecule has 0 aliphatic rings. The standard InChI is InChI=1S/C15H17N5OS/c1-15(2,3)13-17-12(21-19-13)9-22-14-18-16-10-20(14)11-7-5-4-6-8-11/h4-8,10H,9H2,1-3H3. The van der Waals surface area contributed by atoms with Crippen LogP contribution in [-0.2, 0) is 11.2 Å². The van der Waals surface area contributed by atoms with Gasteiger partial charge in [0.15, 0.2) is 11.0 Å². The van der Waals surface area contributed by atoms with E-state index in [-0.39, 0.29) is 5.41 Å². The van der Waals surface area contributed by atoms with E-state index in [0.717, 1.165) is 10.8 Å². The van der Waals surface area contributed by atoms with Gasteiger partial charge >= 0.3 is 0 Å². The first-order valence-electron chi connectivity index (χ1n) is 6.95. The molecule has 0 bridgehead atoms. The van der Waals surface area contributed by atoms with Crippen LogP contribution in [0, 0.1) is 0 Å². The van der Waals surface area contributed by atoms with Crippen LogP contribution in [0.5, 0.6) is 0 Å². The van der Waals surface area contributed by atoms with Gasteiger partial charge in [0.25, 0.3) is 0 Å². The van der Waals surface area contributed by atoms with Gasteiger partial charge in [-0.3, -0.25) is 4.57 Å². The Bertz CT molecular complexity index is 745. The quantitative estimate of drug-likeness (QED) is 0.688. The highest BCUT2D eigenvalue weighted by Crippen LogP contribution is 2.24. The number of aromatic nitrogens is 5. The molecule has 0 saturated carbocycles. The summed E-state index contributed by atoms with van der Waals surface area (Å²) in [5, 5.41) is 12.9. The highest BCUT2D eigenvalue weighted by molar-refractivity contribution is 7.98. The van der Waals surface area contributed by atoms with Gasteiger partial charge in [-0.2, -0.15) is 4.98 Å². The Kier molecular flexibility index (Phi) is 3.98. The van der Waals surface area contributed by atoms with Crippen LogP contribution in [0.4, 0.5) is 0 Å². The summed E-state index contributed by atoms with van der Waals surface area (Å²) in [5.74, 6) is 1.87. The van der Waals surface area contributed by atoms with E-state index >= 15 is 0 Å². The Hall–Kier alpha value is -2.15. The van der Waals surface area contributed by atoms with Gasteiger partial charge in [-0.25, -0.2) is 0 Å². The molecule has 2 heterocycles. The van der Waals surface area contributed by atoms with E-state index < -0.39 is 0 Å². The predicted molar refractivity (Wildman–Crippen MR) is 83.9 cm³/mol. The lowest BCUT2D eigenvalue weighted by Crippen LogP contribution is -2.13. The molecule has 0 aliphatic heterocycles. The first kappa shape index (κ1) is 14.8. The third-order valence-corrected chi connectivity index (χ3v) is 3.94. The van der Waals surface area contributed by atoms with Crippen LogP contribution >= 0.6 is 11.8 Å². The molecule has 7 heteroatoms. The Morgan fingerprint density at radius 2 is 1.95 bits per heavy atom. The molecular weight excluding hydrogens is 298 g/mol. The predicted octanol–water partition coefficient (Wildman–Crippen LogP) is 3.24. The van der Waals surface area contributed by atoms with Gasteiger partial charge in [0.1, 0.15) is 6.33 Å². The zero-order chi connectivity index (χ0) is 15.6. The minimum atomic E-state index is -0.115. The topological polar surface area (TPSA) is 69.6 Å². The number of nitrogens with zero attached hydrogens (tertiary/aromatic N) is 5. The number of rotatable bonds is 4. The summed E-state index contributed by atoms with van der Waals surface area (Å²) in [6.45, 7) is 6.17. The van der Waals surface area contributed by atoms with Crippen LogP contribution < -0.4 is 0 Å². The van der Waals surface area contributed by atoms with Crippen molar-refractivity contribution in [2.75, 3.05) is 0 Å². The molecule has 22 heavy (non-hydrogen) atoms. The fourth-order valence-corrected chi connectivity index (χ4v) is 2.60. The lowest BCUT2D eigenvalue weighted by Gasteiger charge is -2.10. The third kappa shape index (κ3) is 3.19. The number of hydrogen-bond donors (Lipinski definition) is 0. The van der Waals surface area contributed by atoms with Crippen LogP contribution in [0.3, 0.4) is 0 Å². The molecule has 0 radical (unpaired) electrons. The van der Waals surface area contributed by atoms with E-state index in [1.54, 1.807) is 6.33 Å². The second-order valence-corrected chi connectivity index (χ2v) is 6.81. The van der Waals surface area contributed by atoms with Crippen molar-refractivity contribution < 1.29 is 4.52 Å². The number of para-hydroxylation sites is 1. The second-order valence-electron chi connectivity index (χ2n) is 5.87. The number of benzene rings is 1. The van der Waals surface area contributed by atoms with Crippen LogP contribution in [0.1, 0.15) is 32.5 Å². The van der Waals surface area contributed by atoms with Gasteiger partial charge in [-0.1, -0.05) is 55.9 Å². The first-order valence-corrected chi connectivity index (χ1v) is 7.94. The van der Waals surface area contributed by atoms with Crippen LogP contribution in [0.15, 0.2) is 46.3 Å². The van der Waals surface area contributed by atoms with E-state index in [1.165, 1.54) is 11.8 Å². The summed E-state index contributed by atoms with van der Waals surface area (Å²) in [6, 6.07) is 9.97. The molecule has 0 unspecified atom stereocenters. The minimum absolute atomic E-state index is 0.115. The molecule has 0 spiro atoms. The summed E-state index contributed by atoms with van der Waals surface area (Å²) in [5.41, 5.74) is 0.909. The van der Waals surface area contributed by atoms with Gasteiger partial charge in [-0.15, -0.1) is 10.2 Å². The van der Waals surface area contributed by atoms with E-state index in [0.29, 0.717) is 17.5 Å². The molecule has 6 nitrogen and oxygen atoms in total. The highest BCUT2D eigenvalue weighted by atomic mass is 32.2. The van der Waals surface area contributed by atoms with E-state index in [1.807, 2.05) is 34.9 Å². The normalized spacial score (nSPS) is 11.8. The minimum Gasteiger partial charge on any atom is -0.338 e. The van der Waals surface area contributed by atoms with Gasteiger partial charge in [0.2, 0.25) is 5.89 Å². The van der Waals surface area contributed by atoms with Crippen molar-refractivity contribution in [3.63, 3.8) is 0 Å². The molecule has 114 valence electrons. The van der Waals surface area contributed by atoms with E-state index in [2.05, 4.69) is 41.1 Å². The van der Waals surface area contributed by atoms with Gasteiger partial charge in [0.05, 0.1) is 5.75 Å². The average molecular weight is 315 g/mol.